The van der Waals surface area contributed by atoms with E-state index in [1.54, 1.807) is 7.11 Å². The SMILES string of the molecule is CCCCn1cc(CCN2CCNCC2)c2ccc(OC)cc21. The molecular formula is C19H29N3O. The number of benzene rings is 1. The average Bonchev–Trinajstić information content (AvgIpc) is 2.96. The first-order valence-electron chi connectivity index (χ1n) is 8.90. The topological polar surface area (TPSA) is 29.4 Å². The first kappa shape index (κ1) is 16.3. The molecule has 1 fully saturated rings. The lowest BCUT2D eigenvalue weighted by atomic mass is 10.1. The van der Waals surface area contributed by atoms with E-state index in [1.165, 1.54) is 42.4 Å². The first-order valence-corrected chi connectivity index (χ1v) is 8.90. The van der Waals surface area contributed by atoms with E-state index in [9.17, 15) is 0 Å². The van der Waals surface area contributed by atoms with Gasteiger partial charge < -0.3 is 19.5 Å². The van der Waals surface area contributed by atoms with E-state index in [2.05, 4.69) is 46.1 Å². The average molecular weight is 315 g/mol. The smallest absolute Gasteiger partial charge is 0.120 e. The Labute approximate surface area is 139 Å². The number of aromatic nitrogens is 1. The van der Waals surface area contributed by atoms with Crippen LogP contribution in [0.2, 0.25) is 0 Å². The molecular weight excluding hydrogens is 286 g/mol. The van der Waals surface area contributed by atoms with Crippen LogP contribution in [-0.4, -0.2) is 49.3 Å². The van der Waals surface area contributed by atoms with Crippen LogP contribution in [0.15, 0.2) is 24.4 Å². The van der Waals surface area contributed by atoms with E-state index in [0.717, 1.165) is 38.3 Å². The Morgan fingerprint density at radius 2 is 2.00 bits per heavy atom. The van der Waals surface area contributed by atoms with Crippen molar-refractivity contribution in [3.05, 3.63) is 30.0 Å². The fraction of sp³-hybridized carbons (Fsp3) is 0.579. The summed E-state index contributed by atoms with van der Waals surface area (Å²) in [6.07, 6.45) is 5.93. The predicted octanol–water partition coefficient (Wildman–Crippen LogP) is 2.90. The summed E-state index contributed by atoms with van der Waals surface area (Å²) >= 11 is 0. The van der Waals surface area contributed by atoms with Crippen molar-refractivity contribution in [3.63, 3.8) is 0 Å². The van der Waals surface area contributed by atoms with Crippen LogP contribution in [0, 0.1) is 0 Å². The molecule has 1 saturated heterocycles. The zero-order valence-corrected chi connectivity index (χ0v) is 14.5. The third-order valence-electron chi connectivity index (χ3n) is 4.83. The number of fused-ring (bicyclic) bond motifs is 1. The quantitative estimate of drug-likeness (QED) is 0.852. The molecule has 1 aliphatic heterocycles. The highest BCUT2D eigenvalue weighted by molar-refractivity contribution is 5.85. The highest BCUT2D eigenvalue weighted by Crippen LogP contribution is 2.27. The molecule has 0 saturated carbocycles. The summed E-state index contributed by atoms with van der Waals surface area (Å²) in [6, 6.07) is 6.49. The number of hydrogen-bond donors (Lipinski definition) is 1. The summed E-state index contributed by atoms with van der Waals surface area (Å²) < 4.78 is 7.83. The third-order valence-corrected chi connectivity index (χ3v) is 4.83. The molecule has 1 N–H and O–H groups in total. The number of ether oxygens (including phenoxy) is 1. The summed E-state index contributed by atoms with van der Waals surface area (Å²) in [7, 11) is 1.74. The molecule has 0 atom stereocenters. The maximum absolute atomic E-state index is 5.42. The molecule has 126 valence electrons. The number of methoxy groups -OCH3 is 1. The van der Waals surface area contributed by atoms with Crippen molar-refractivity contribution in [1.82, 2.24) is 14.8 Å². The summed E-state index contributed by atoms with van der Waals surface area (Å²) in [5.41, 5.74) is 2.78. The lowest BCUT2D eigenvalue weighted by Crippen LogP contribution is -2.44. The number of aryl methyl sites for hydroxylation is 1. The van der Waals surface area contributed by atoms with E-state index in [-0.39, 0.29) is 0 Å². The predicted molar refractivity (Wildman–Crippen MR) is 96.4 cm³/mol. The van der Waals surface area contributed by atoms with Gasteiger partial charge in [0.2, 0.25) is 0 Å². The molecule has 2 aromatic rings. The number of hydrogen-bond acceptors (Lipinski definition) is 3. The van der Waals surface area contributed by atoms with Crippen LogP contribution in [0.3, 0.4) is 0 Å². The number of piperazine rings is 1. The maximum atomic E-state index is 5.42. The van der Waals surface area contributed by atoms with Gasteiger partial charge in [-0.3, -0.25) is 0 Å². The van der Waals surface area contributed by atoms with Crippen molar-refractivity contribution in [1.29, 1.82) is 0 Å². The van der Waals surface area contributed by atoms with Gasteiger partial charge in [-0.15, -0.1) is 0 Å². The van der Waals surface area contributed by atoms with Gasteiger partial charge in [0.25, 0.3) is 0 Å². The molecule has 23 heavy (non-hydrogen) atoms. The highest BCUT2D eigenvalue weighted by Gasteiger charge is 2.13. The lowest BCUT2D eigenvalue weighted by Gasteiger charge is -2.26. The van der Waals surface area contributed by atoms with E-state index in [1.807, 2.05) is 0 Å². The van der Waals surface area contributed by atoms with E-state index in [4.69, 9.17) is 4.74 Å². The molecule has 0 aliphatic carbocycles. The standard InChI is InChI=1S/C19H29N3O/c1-3-4-10-22-15-16(7-11-21-12-8-20-9-13-21)18-6-5-17(23-2)14-19(18)22/h5-6,14-15,20H,3-4,7-13H2,1-2H3. The van der Waals surface area contributed by atoms with Crippen molar-refractivity contribution in [2.24, 2.45) is 0 Å². The van der Waals surface area contributed by atoms with E-state index < -0.39 is 0 Å². The molecule has 0 amide bonds. The maximum Gasteiger partial charge on any atom is 0.120 e. The fourth-order valence-electron chi connectivity index (χ4n) is 3.40. The summed E-state index contributed by atoms with van der Waals surface area (Å²) in [4.78, 5) is 2.56. The van der Waals surface area contributed by atoms with Gasteiger partial charge in [0, 0.05) is 56.9 Å². The van der Waals surface area contributed by atoms with Crippen LogP contribution in [-0.2, 0) is 13.0 Å². The van der Waals surface area contributed by atoms with Crippen LogP contribution < -0.4 is 10.1 Å². The van der Waals surface area contributed by atoms with E-state index in [0.29, 0.717) is 0 Å². The molecule has 0 radical (unpaired) electrons. The second-order valence-corrected chi connectivity index (χ2v) is 6.43. The number of unbranched alkanes of at least 4 members (excludes halogenated alkanes) is 1. The van der Waals surface area contributed by atoms with Crippen molar-refractivity contribution < 1.29 is 4.74 Å². The van der Waals surface area contributed by atoms with Crippen LogP contribution in [0.5, 0.6) is 5.75 Å². The van der Waals surface area contributed by atoms with Crippen LogP contribution in [0.4, 0.5) is 0 Å². The summed E-state index contributed by atoms with van der Waals surface area (Å²) in [5, 5.41) is 4.81. The van der Waals surface area contributed by atoms with Gasteiger partial charge in [-0.2, -0.15) is 0 Å². The second-order valence-electron chi connectivity index (χ2n) is 6.43. The van der Waals surface area contributed by atoms with Gasteiger partial charge in [0.15, 0.2) is 0 Å². The van der Waals surface area contributed by atoms with Gasteiger partial charge >= 0.3 is 0 Å². The van der Waals surface area contributed by atoms with Gasteiger partial charge in [0.05, 0.1) is 12.6 Å². The molecule has 1 aromatic carbocycles. The van der Waals surface area contributed by atoms with Crippen molar-refractivity contribution in [2.45, 2.75) is 32.7 Å². The number of nitrogens with zero attached hydrogens (tertiary/aromatic N) is 2. The van der Waals surface area contributed by atoms with Crippen LogP contribution in [0.25, 0.3) is 10.9 Å². The largest absolute Gasteiger partial charge is 0.497 e. The van der Waals surface area contributed by atoms with Crippen LogP contribution in [0.1, 0.15) is 25.3 Å². The minimum Gasteiger partial charge on any atom is -0.497 e. The zero-order chi connectivity index (χ0) is 16.1. The Bertz CT molecular complexity index is 629. The Balaban J connectivity index is 1.80. The molecule has 1 aliphatic rings. The molecule has 4 nitrogen and oxygen atoms in total. The second kappa shape index (κ2) is 7.84. The summed E-state index contributed by atoms with van der Waals surface area (Å²) in [5.74, 6) is 0.946. The van der Waals surface area contributed by atoms with E-state index >= 15 is 0 Å². The van der Waals surface area contributed by atoms with Crippen LogP contribution >= 0.6 is 0 Å². The van der Waals surface area contributed by atoms with Gasteiger partial charge in [-0.05, 0) is 30.5 Å². The Morgan fingerprint density at radius 3 is 2.74 bits per heavy atom. The summed E-state index contributed by atoms with van der Waals surface area (Å²) in [6.45, 7) is 9.07. The molecule has 1 aromatic heterocycles. The van der Waals surface area contributed by atoms with Crippen molar-refractivity contribution >= 4 is 10.9 Å². The zero-order valence-electron chi connectivity index (χ0n) is 14.5. The monoisotopic (exact) mass is 315 g/mol. The van der Waals surface area contributed by atoms with Crippen molar-refractivity contribution in [2.75, 3.05) is 39.8 Å². The molecule has 3 rings (SSSR count). The molecule has 0 unspecified atom stereocenters. The molecule has 0 spiro atoms. The Kier molecular flexibility index (Phi) is 5.57. The minimum atomic E-state index is 0.946. The Hall–Kier alpha value is -1.52. The molecule has 0 bridgehead atoms. The lowest BCUT2D eigenvalue weighted by molar-refractivity contribution is 0.244. The van der Waals surface area contributed by atoms with Crippen molar-refractivity contribution in [3.8, 4) is 5.75 Å². The number of rotatable bonds is 7. The Morgan fingerprint density at radius 1 is 1.17 bits per heavy atom. The third kappa shape index (κ3) is 3.88. The number of nitrogens with one attached hydrogen (secondary N) is 1. The van der Waals surface area contributed by atoms with Gasteiger partial charge in [-0.25, -0.2) is 0 Å². The minimum absolute atomic E-state index is 0.946. The normalized spacial score (nSPS) is 16.1. The van der Waals surface area contributed by atoms with Gasteiger partial charge in [-0.1, -0.05) is 13.3 Å². The fourth-order valence-corrected chi connectivity index (χ4v) is 3.40. The molecule has 4 heteroatoms. The van der Waals surface area contributed by atoms with Gasteiger partial charge in [0.1, 0.15) is 5.75 Å². The first-order chi connectivity index (χ1) is 11.3. The molecule has 2 heterocycles. The highest BCUT2D eigenvalue weighted by atomic mass is 16.5.